The Morgan fingerprint density at radius 1 is 1.55 bits per heavy atom. The highest BCUT2D eigenvalue weighted by Crippen LogP contribution is 2.37. The number of hydrogen-bond donors (Lipinski definition) is 1. The first-order chi connectivity index (χ1) is 9.39. The van der Waals surface area contributed by atoms with E-state index in [0.29, 0.717) is 24.8 Å². The van der Waals surface area contributed by atoms with Crippen molar-refractivity contribution in [2.45, 2.75) is 24.3 Å². The van der Waals surface area contributed by atoms with Gasteiger partial charge in [0.05, 0.1) is 19.3 Å². The summed E-state index contributed by atoms with van der Waals surface area (Å²) in [6.45, 7) is 3.87. The molecular formula is C11H20N4O3S2. The number of nitrogens with zero attached hydrogens (tertiary/aromatic N) is 3. The fraction of sp³-hybridized carbons (Fsp3) is 0.727. The van der Waals surface area contributed by atoms with Crippen LogP contribution in [0.15, 0.2) is 4.90 Å². The first-order valence-corrected chi connectivity index (χ1v) is 8.63. The van der Waals surface area contributed by atoms with Crippen LogP contribution in [0.2, 0.25) is 0 Å². The second kappa shape index (κ2) is 5.84. The van der Waals surface area contributed by atoms with Crippen LogP contribution in [0.1, 0.15) is 13.3 Å². The lowest BCUT2D eigenvalue weighted by atomic mass is 10.2. The Kier molecular flexibility index (Phi) is 4.52. The zero-order valence-corrected chi connectivity index (χ0v) is 13.5. The summed E-state index contributed by atoms with van der Waals surface area (Å²) in [6, 6.07) is 0.153. The summed E-state index contributed by atoms with van der Waals surface area (Å²) < 4.78 is 35.5. The van der Waals surface area contributed by atoms with Crippen LogP contribution in [-0.4, -0.2) is 57.0 Å². The molecular weight excluding hydrogens is 300 g/mol. The van der Waals surface area contributed by atoms with E-state index in [2.05, 4.69) is 11.3 Å². The van der Waals surface area contributed by atoms with Gasteiger partial charge in [0, 0.05) is 20.6 Å². The predicted octanol–water partition coefficient (Wildman–Crippen LogP) is 0.591. The van der Waals surface area contributed by atoms with Crippen molar-refractivity contribution in [2.75, 3.05) is 44.5 Å². The fourth-order valence-corrected chi connectivity index (χ4v) is 4.46. The highest BCUT2D eigenvalue weighted by molar-refractivity contribution is 7.89. The van der Waals surface area contributed by atoms with Crippen LogP contribution >= 0.6 is 11.5 Å². The number of ether oxygens (including phenoxy) is 1. The van der Waals surface area contributed by atoms with Gasteiger partial charge in [0.1, 0.15) is 5.00 Å². The Hall–Kier alpha value is -0.900. The van der Waals surface area contributed by atoms with E-state index in [4.69, 9.17) is 10.5 Å². The minimum atomic E-state index is -3.60. The van der Waals surface area contributed by atoms with Gasteiger partial charge in [0.25, 0.3) is 0 Å². The summed E-state index contributed by atoms with van der Waals surface area (Å²) in [7, 11) is -0.616. The molecule has 0 saturated carbocycles. The SMILES string of the molecule is CCC1COCCN1c1snc(N)c1S(=O)(=O)N(C)C. The lowest BCUT2D eigenvalue weighted by Gasteiger charge is -2.36. The Morgan fingerprint density at radius 2 is 2.25 bits per heavy atom. The molecule has 1 atom stereocenters. The Balaban J connectivity index is 2.48. The topological polar surface area (TPSA) is 88.8 Å². The summed E-state index contributed by atoms with van der Waals surface area (Å²) in [4.78, 5) is 2.17. The predicted molar refractivity (Wildman–Crippen MR) is 79.6 cm³/mol. The quantitative estimate of drug-likeness (QED) is 0.873. The third-order valence-electron chi connectivity index (χ3n) is 3.36. The minimum Gasteiger partial charge on any atom is -0.382 e. The standard InChI is InChI=1S/C11H20N4O3S2/c1-4-8-7-18-6-5-15(8)11-9(10(12)13-19-11)20(16,17)14(2)3/h8H,4-7H2,1-3H3,(H2,12,13). The third-order valence-corrected chi connectivity index (χ3v) is 6.26. The zero-order valence-electron chi connectivity index (χ0n) is 11.9. The molecule has 1 aromatic heterocycles. The normalized spacial score (nSPS) is 20.6. The average Bonchev–Trinajstić information content (AvgIpc) is 2.80. The molecule has 20 heavy (non-hydrogen) atoms. The molecule has 1 unspecified atom stereocenters. The first kappa shape index (κ1) is 15.5. The fourth-order valence-electron chi connectivity index (χ4n) is 2.15. The molecule has 1 saturated heterocycles. The molecule has 9 heteroatoms. The number of aromatic nitrogens is 1. The summed E-state index contributed by atoms with van der Waals surface area (Å²) in [5, 5.41) is 0.617. The van der Waals surface area contributed by atoms with Crippen LogP contribution in [0.5, 0.6) is 0 Å². The molecule has 2 rings (SSSR count). The maximum Gasteiger partial charge on any atom is 0.249 e. The van der Waals surface area contributed by atoms with E-state index >= 15 is 0 Å². The second-order valence-corrected chi connectivity index (χ2v) is 7.66. The number of nitrogens with two attached hydrogens (primary N) is 1. The van der Waals surface area contributed by atoms with Crippen molar-refractivity contribution in [3.8, 4) is 0 Å². The minimum absolute atomic E-state index is 0.0695. The Labute approximate surface area is 123 Å². The maximum atomic E-state index is 12.4. The van der Waals surface area contributed by atoms with Gasteiger partial charge in [-0.1, -0.05) is 6.92 Å². The van der Waals surface area contributed by atoms with Gasteiger partial charge in [-0.3, -0.25) is 0 Å². The number of sulfonamides is 1. The van der Waals surface area contributed by atoms with Gasteiger partial charge in [0.15, 0.2) is 10.7 Å². The molecule has 2 heterocycles. The van der Waals surface area contributed by atoms with Crippen LogP contribution in [0.4, 0.5) is 10.8 Å². The van der Waals surface area contributed by atoms with Crippen molar-refractivity contribution in [2.24, 2.45) is 0 Å². The van der Waals surface area contributed by atoms with Crippen molar-refractivity contribution >= 4 is 32.4 Å². The van der Waals surface area contributed by atoms with Gasteiger partial charge in [-0.2, -0.15) is 4.37 Å². The van der Waals surface area contributed by atoms with Gasteiger partial charge in [-0.25, -0.2) is 12.7 Å². The first-order valence-electron chi connectivity index (χ1n) is 6.41. The zero-order chi connectivity index (χ0) is 14.9. The van der Waals surface area contributed by atoms with E-state index in [9.17, 15) is 8.42 Å². The monoisotopic (exact) mass is 320 g/mol. The maximum absolute atomic E-state index is 12.4. The van der Waals surface area contributed by atoms with Crippen LogP contribution in [0.25, 0.3) is 0 Å². The largest absolute Gasteiger partial charge is 0.382 e. The van der Waals surface area contributed by atoms with E-state index in [0.717, 1.165) is 22.3 Å². The number of hydrogen-bond acceptors (Lipinski definition) is 7. The van der Waals surface area contributed by atoms with Crippen molar-refractivity contribution in [1.82, 2.24) is 8.68 Å². The van der Waals surface area contributed by atoms with Gasteiger partial charge >= 0.3 is 0 Å². The van der Waals surface area contributed by atoms with Crippen LogP contribution in [-0.2, 0) is 14.8 Å². The van der Waals surface area contributed by atoms with E-state index in [1.165, 1.54) is 14.1 Å². The highest BCUT2D eigenvalue weighted by atomic mass is 32.2. The average molecular weight is 320 g/mol. The summed E-state index contributed by atoms with van der Waals surface area (Å²) in [5.41, 5.74) is 5.79. The van der Waals surface area contributed by atoms with Crippen molar-refractivity contribution in [3.63, 3.8) is 0 Å². The molecule has 1 aromatic rings. The molecule has 0 spiro atoms. The smallest absolute Gasteiger partial charge is 0.249 e. The lowest BCUT2D eigenvalue weighted by molar-refractivity contribution is 0.0931. The third kappa shape index (κ3) is 2.62. The van der Waals surface area contributed by atoms with Crippen LogP contribution in [0, 0.1) is 0 Å². The Morgan fingerprint density at radius 3 is 2.85 bits per heavy atom. The van der Waals surface area contributed by atoms with Gasteiger partial charge in [-0.15, -0.1) is 0 Å². The van der Waals surface area contributed by atoms with Crippen molar-refractivity contribution in [1.29, 1.82) is 0 Å². The molecule has 0 radical (unpaired) electrons. The lowest BCUT2D eigenvalue weighted by Crippen LogP contribution is -2.45. The molecule has 0 bridgehead atoms. The van der Waals surface area contributed by atoms with Crippen LogP contribution in [0.3, 0.4) is 0 Å². The molecule has 0 amide bonds. The van der Waals surface area contributed by atoms with Gasteiger partial charge < -0.3 is 15.4 Å². The highest BCUT2D eigenvalue weighted by Gasteiger charge is 2.33. The summed E-state index contributed by atoms with van der Waals surface area (Å²) in [5.74, 6) is 0.0695. The number of anilines is 2. The summed E-state index contributed by atoms with van der Waals surface area (Å²) in [6.07, 6.45) is 0.874. The van der Waals surface area contributed by atoms with Crippen LogP contribution < -0.4 is 10.6 Å². The molecule has 0 aromatic carbocycles. The van der Waals surface area contributed by atoms with Crippen molar-refractivity contribution in [3.05, 3.63) is 0 Å². The molecule has 1 aliphatic rings. The van der Waals surface area contributed by atoms with E-state index in [1.807, 2.05) is 4.90 Å². The van der Waals surface area contributed by atoms with Crippen molar-refractivity contribution < 1.29 is 13.2 Å². The molecule has 0 aliphatic carbocycles. The number of nitrogen functional groups attached to an aromatic ring is 1. The Bertz CT molecular complexity index is 570. The van der Waals surface area contributed by atoms with Gasteiger partial charge in [0.2, 0.25) is 10.0 Å². The number of rotatable bonds is 4. The molecule has 2 N–H and O–H groups in total. The molecule has 114 valence electrons. The molecule has 7 nitrogen and oxygen atoms in total. The molecule has 1 aliphatic heterocycles. The van der Waals surface area contributed by atoms with Gasteiger partial charge in [-0.05, 0) is 18.0 Å². The van der Waals surface area contributed by atoms with E-state index in [1.54, 1.807) is 0 Å². The molecule has 1 fully saturated rings. The van der Waals surface area contributed by atoms with E-state index < -0.39 is 10.0 Å². The summed E-state index contributed by atoms with van der Waals surface area (Å²) >= 11 is 1.14. The van der Waals surface area contributed by atoms with E-state index in [-0.39, 0.29) is 16.8 Å². The number of morpholine rings is 1. The second-order valence-electron chi connectivity index (χ2n) is 4.82.